The molecule has 0 radical (unpaired) electrons. The first-order valence-electron chi connectivity index (χ1n) is 16.2. The van der Waals surface area contributed by atoms with Crippen molar-refractivity contribution in [3.05, 3.63) is 79.9 Å². The van der Waals surface area contributed by atoms with Gasteiger partial charge in [-0.2, -0.15) is 0 Å². The first-order valence-corrected chi connectivity index (χ1v) is 16.2. The van der Waals surface area contributed by atoms with E-state index in [0.29, 0.717) is 11.3 Å². The van der Waals surface area contributed by atoms with Crippen LogP contribution in [0.1, 0.15) is 97.1 Å². The monoisotopic (exact) mass is 577 g/mol. The van der Waals surface area contributed by atoms with Gasteiger partial charge in [-0.1, -0.05) is 13.8 Å². The summed E-state index contributed by atoms with van der Waals surface area (Å²) in [5, 5.41) is 2.43. The Balaban J connectivity index is 0.00000147. The molecule has 0 bridgehead atoms. The molecule has 0 aliphatic carbocycles. The highest BCUT2D eigenvalue weighted by Crippen LogP contribution is 2.49. The number of carbonyl (C=O) groups excluding carboxylic acids is 2. The molecular weight excluding hydrogens is 536 g/mol. The summed E-state index contributed by atoms with van der Waals surface area (Å²) in [6.07, 6.45) is 8.56. The molecule has 0 spiro atoms. The van der Waals surface area contributed by atoms with Crippen molar-refractivity contribution in [1.29, 1.82) is 0 Å². The predicted molar refractivity (Wildman–Crippen MR) is 169 cm³/mol. The lowest BCUT2D eigenvalue weighted by Crippen LogP contribution is -2.45. The molecule has 43 heavy (non-hydrogen) atoms. The maximum absolute atomic E-state index is 12.6. The summed E-state index contributed by atoms with van der Waals surface area (Å²) in [5.41, 5.74) is 10.2. The molecule has 6 nitrogen and oxygen atoms in total. The number of hydrogen-bond donors (Lipinski definition) is 0. The molecule has 5 heterocycles. The highest BCUT2D eigenvalue weighted by molar-refractivity contribution is 5.98. The van der Waals surface area contributed by atoms with Crippen molar-refractivity contribution < 1.29 is 19.1 Å². The molecule has 3 aromatic rings. The average Bonchev–Trinajstić information content (AvgIpc) is 3.02. The zero-order valence-corrected chi connectivity index (χ0v) is 25.9. The van der Waals surface area contributed by atoms with Crippen LogP contribution in [-0.4, -0.2) is 37.9 Å². The minimum atomic E-state index is -0.373. The van der Waals surface area contributed by atoms with Crippen LogP contribution < -0.4 is 29.5 Å². The largest absolute Gasteiger partial charge is 0.455 e. The van der Waals surface area contributed by atoms with Crippen molar-refractivity contribution in [2.75, 3.05) is 31.1 Å². The number of hydrogen-bond acceptors (Lipinski definition) is 5. The van der Waals surface area contributed by atoms with Crippen molar-refractivity contribution in [2.24, 2.45) is 0 Å². The summed E-state index contributed by atoms with van der Waals surface area (Å²) in [6.45, 7) is 11.4. The second kappa shape index (κ2) is 11.0. The third-order valence-electron chi connectivity index (χ3n) is 9.60. The van der Waals surface area contributed by atoms with Crippen molar-refractivity contribution >= 4 is 23.0 Å². The van der Waals surface area contributed by atoms with Crippen LogP contribution in [-0.2, 0) is 30.5 Å². The maximum atomic E-state index is 12.6. The smallest absolute Gasteiger partial charge is 0.308 e. The van der Waals surface area contributed by atoms with E-state index in [1.54, 1.807) is 19.1 Å². The fourth-order valence-electron chi connectivity index (χ4n) is 7.99. The zero-order valence-electron chi connectivity index (χ0n) is 25.9. The minimum absolute atomic E-state index is 0.0129. The van der Waals surface area contributed by atoms with Gasteiger partial charge < -0.3 is 14.4 Å². The molecule has 6 heteroatoms. The first kappa shape index (κ1) is 27.9. The van der Waals surface area contributed by atoms with Gasteiger partial charge in [-0.05, 0) is 81.3 Å². The van der Waals surface area contributed by atoms with Crippen LogP contribution in [0.25, 0.3) is 5.57 Å². The molecule has 0 saturated heterocycles. The SMILES string of the molecule is CC.CC(=O)Oc1ccc(C(C)=O)cc1C1=c2cc3c4c(c2Oc2c1cc1c5c2CCCN5CCC1)CCC[N+]=4CCC3. The molecule has 0 fully saturated rings. The number of ketones is 1. The van der Waals surface area contributed by atoms with E-state index in [0.717, 1.165) is 111 Å². The van der Waals surface area contributed by atoms with Gasteiger partial charge in [0.2, 0.25) is 5.36 Å². The van der Waals surface area contributed by atoms with E-state index in [1.165, 1.54) is 40.2 Å². The molecule has 222 valence electrons. The number of fused-ring (bicyclic) bond motifs is 4. The molecular formula is C37H41N2O4+. The molecule has 0 amide bonds. The van der Waals surface area contributed by atoms with E-state index in [2.05, 4.69) is 21.6 Å². The van der Waals surface area contributed by atoms with E-state index in [1.807, 2.05) is 19.9 Å². The molecule has 0 N–H and O–H groups in total. The first-order chi connectivity index (χ1) is 21.0. The van der Waals surface area contributed by atoms with E-state index < -0.39 is 0 Å². The van der Waals surface area contributed by atoms with E-state index in [4.69, 9.17) is 9.47 Å². The van der Waals surface area contributed by atoms with Gasteiger partial charge in [0.15, 0.2) is 5.78 Å². The van der Waals surface area contributed by atoms with Crippen molar-refractivity contribution in [3.63, 3.8) is 0 Å². The van der Waals surface area contributed by atoms with Gasteiger partial charge in [-0.25, -0.2) is 4.58 Å². The maximum Gasteiger partial charge on any atom is 0.308 e. The molecule has 8 rings (SSSR count). The lowest BCUT2D eigenvalue weighted by Gasteiger charge is -2.39. The van der Waals surface area contributed by atoms with Crippen LogP contribution in [0.5, 0.6) is 17.2 Å². The molecule has 0 atom stereocenters. The van der Waals surface area contributed by atoms with Gasteiger partial charge in [0.1, 0.15) is 30.3 Å². The highest BCUT2D eigenvalue weighted by atomic mass is 16.5. The number of ether oxygens (including phenoxy) is 2. The van der Waals surface area contributed by atoms with Crippen LogP contribution in [0, 0.1) is 0 Å². The number of Topliss-reactive ketones (excluding diaryl/α,β-unsaturated/α-hetero) is 1. The number of rotatable bonds is 3. The summed E-state index contributed by atoms with van der Waals surface area (Å²) >= 11 is 0. The Labute approximate surface area is 253 Å². The number of carbonyl (C=O) groups is 2. The Morgan fingerprint density at radius 1 is 0.814 bits per heavy atom. The zero-order chi connectivity index (χ0) is 29.8. The Morgan fingerprint density at radius 3 is 2.30 bits per heavy atom. The molecule has 5 aliphatic heterocycles. The van der Waals surface area contributed by atoms with Gasteiger partial charge in [0.25, 0.3) is 0 Å². The third-order valence-corrected chi connectivity index (χ3v) is 9.60. The molecule has 0 saturated carbocycles. The number of esters is 1. The molecule has 3 aromatic carbocycles. The van der Waals surface area contributed by atoms with E-state index in [9.17, 15) is 9.59 Å². The topological polar surface area (TPSA) is 58.9 Å². The van der Waals surface area contributed by atoms with E-state index >= 15 is 0 Å². The Morgan fingerprint density at radius 2 is 1.53 bits per heavy atom. The predicted octanol–water partition coefficient (Wildman–Crippen LogP) is 5.28. The summed E-state index contributed by atoms with van der Waals surface area (Å²) < 4.78 is 15.5. The summed E-state index contributed by atoms with van der Waals surface area (Å²) in [5.74, 6) is 1.99. The molecule has 5 aliphatic rings. The quantitative estimate of drug-likeness (QED) is 0.144. The number of nitrogens with zero attached hydrogens (tertiary/aromatic N) is 2. The van der Waals surface area contributed by atoms with Gasteiger partial charge in [0.05, 0.1) is 5.56 Å². The summed E-state index contributed by atoms with van der Waals surface area (Å²) in [4.78, 5) is 27.5. The van der Waals surface area contributed by atoms with E-state index in [-0.39, 0.29) is 11.8 Å². The van der Waals surface area contributed by atoms with Gasteiger partial charge in [0, 0.05) is 77.2 Å². The number of aryl methyl sites for hydroxylation is 2. The van der Waals surface area contributed by atoms with Crippen molar-refractivity contribution in [3.8, 4) is 17.2 Å². The number of anilines is 1. The molecule has 0 unspecified atom stereocenters. The van der Waals surface area contributed by atoms with Gasteiger partial charge in [-0.15, -0.1) is 0 Å². The second-order valence-corrected chi connectivity index (χ2v) is 12.2. The Kier molecular flexibility index (Phi) is 7.11. The number of benzene rings is 3. The normalized spacial score (nSPS) is 17.3. The lowest BCUT2D eigenvalue weighted by molar-refractivity contribution is -0.131. The second-order valence-electron chi connectivity index (χ2n) is 12.2. The van der Waals surface area contributed by atoms with Crippen LogP contribution in [0.3, 0.4) is 0 Å². The van der Waals surface area contributed by atoms with Crippen molar-refractivity contribution in [2.45, 2.75) is 79.1 Å². The van der Waals surface area contributed by atoms with Gasteiger partial charge in [-0.3, -0.25) is 9.59 Å². The standard InChI is InChI=1S/C35H35N2O4.C2H6/c1-20(38)22-11-12-30(40-21(2)39)27(17-22)31-28-18-23-7-3-13-36-15-5-9-25(32(23)36)34(28)41-35-26-10-6-16-37-14-4-8-24(33(26)37)19-29(31)35;1-2/h11-12,17-19H,3-10,13-16H2,1-2H3;1-2H3/q+1;. The fraction of sp³-hybridized carbons (Fsp3) is 0.432. The fourth-order valence-corrected chi connectivity index (χ4v) is 7.99. The average molecular weight is 578 g/mol. The Bertz CT molecular complexity index is 1810. The summed E-state index contributed by atoms with van der Waals surface area (Å²) in [6, 6.07) is 10.1. The lowest BCUT2D eigenvalue weighted by atomic mass is 9.82. The summed E-state index contributed by atoms with van der Waals surface area (Å²) in [7, 11) is 0. The van der Waals surface area contributed by atoms with Crippen LogP contribution >= 0.6 is 0 Å². The molecule has 0 aromatic heterocycles. The van der Waals surface area contributed by atoms with Gasteiger partial charge >= 0.3 is 5.97 Å². The Hall–Kier alpha value is -3.93. The third kappa shape index (κ3) is 4.49. The van der Waals surface area contributed by atoms with Crippen molar-refractivity contribution in [1.82, 2.24) is 4.58 Å². The highest BCUT2D eigenvalue weighted by Gasteiger charge is 2.36. The van der Waals surface area contributed by atoms with Crippen LogP contribution in [0.4, 0.5) is 5.69 Å². The van der Waals surface area contributed by atoms with Crippen LogP contribution in [0.2, 0.25) is 0 Å². The van der Waals surface area contributed by atoms with Crippen LogP contribution in [0.15, 0.2) is 30.3 Å². The minimum Gasteiger partial charge on any atom is -0.455 e.